The lowest BCUT2D eigenvalue weighted by Crippen LogP contribution is -2.49. The molecule has 1 saturated heterocycles. The fourth-order valence-electron chi connectivity index (χ4n) is 1.96. The predicted octanol–water partition coefficient (Wildman–Crippen LogP) is 0.346. The third-order valence-corrected chi connectivity index (χ3v) is 5.11. The molecule has 1 amide bonds. The third-order valence-electron chi connectivity index (χ3n) is 3.18. The van der Waals surface area contributed by atoms with Crippen molar-refractivity contribution in [1.29, 1.82) is 0 Å². The van der Waals surface area contributed by atoms with Crippen molar-refractivity contribution in [2.75, 3.05) is 25.9 Å². The quantitative estimate of drug-likeness (QED) is 0.699. The summed E-state index contributed by atoms with van der Waals surface area (Å²) >= 11 is 6.88. The molecule has 16 heavy (non-hydrogen) atoms. The van der Waals surface area contributed by atoms with E-state index in [2.05, 4.69) is 11.2 Å². The van der Waals surface area contributed by atoms with Crippen molar-refractivity contribution in [3.05, 3.63) is 0 Å². The zero-order valence-electron chi connectivity index (χ0n) is 9.57. The maximum atomic E-state index is 10.7. The summed E-state index contributed by atoms with van der Waals surface area (Å²) in [7, 11) is 0. The van der Waals surface area contributed by atoms with E-state index in [4.69, 9.17) is 23.7 Å². The van der Waals surface area contributed by atoms with Crippen LogP contribution >= 0.6 is 24.0 Å². The van der Waals surface area contributed by atoms with Gasteiger partial charge < -0.3 is 16.4 Å². The van der Waals surface area contributed by atoms with Crippen molar-refractivity contribution >= 4 is 34.9 Å². The van der Waals surface area contributed by atoms with Gasteiger partial charge in [-0.15, -0.1) is 0 Å². The number of nitrogens with zero attached hydrogens (tertiary/aromatic N) is 1. The van der Waals surface area contributed by atoms with Crippen molar-refractivity contribution in [3.8, 4) is 0 Å². The van der Waals surface area contributed by atoms with Crippen LogP contribution in [0.1, 0.15) is 19.3 Å². The summed E-state index contributed by atoms with van der Waals surface area (Å²) in [5.41, 5.74) is 10.9. The van der Waals surface area contributed by atoms with Gasteiger partial charge in [-0.25, -0.2) is 0 Å². The Hall–Kier alpha value is -0.330. The van der Waals surface area contributed by atoms with Crippen LogP contribution in [0.15, 0.2) is 0 Å². The number of thioether (sulfide) groups is 1. The van der Waals surface area contributed by atoms with Gasteiger partial charge in [0.1, 0.15) is 0 Å². The summed E-state index contributed by atoms with van der Waals surface area (Å²) < 4.78 is -0.0431. The van der Waals surface area contributed by atoms with Crippen LogP contribution in [0.2, 0.25) is 0 Å². The van der Waals surface area contributed by atoms with E-state index in [0.717, 1.165) is 32.5 Å². The van der Waals surface area contributed by atoms with Crippen molar-refractivity contribution in [2.24, 2.45) is 11.5 Å². The molecule has 1 heterocycles. The van der Waals surface area contributed by atoms with Crippen LogP contribution in [-0.2, 0) is 4.79 Å². The molecular formula is C10H19N3OS2. The average Bonchev–Trinajstić information content (AvgIpc) is 2.26. The normalized spacial score (nSPS) is 20.6. The summed E-state index contributed by atoms with van der Waals surface area (Å²) in [4.78, 5) is 13.5. The van der Waals surface area contributed by atoms with Crippen molar-refractivity contribution in [3.63, 3.8) is 0 Å². The van der Waals surface area contributed by atoms with Gasteiger partial charge in [0.15, 0.2) is 0 Å². The number of likely N-dealkylation sites (tertiary alicyclic amines) is 1. The third kappa shape index (κ3) is 3.33. The Balaban J connectivity index is 2.43. The lowest BCUT2D eigenvalue weighted by Gasteiger charge is -2.39. The molecule has 0 aromatic carbocycles. The van der Waals surface area contributed by atoms with E-state index in [-0.39, 0.29) is 10.7 Å². The number of amides is 1. The summed E-state index contributed by atoms with van der Waals surface area (Å²) in [6.07, 6.45) is 4.40. The first-order valence-corrected chi connectivity index (χ1v) is 6.99. The highest BCUT2D eigenvalue weighted by Crippen LogP contribution is 2.34. The minimum atomic E-state index is -0.240. The monoisotopic (exact) mass is 261 g/mol. The molecule has 1 aliphatic rings. The molecule has 0 unspecified atom stereocenters. The van der Waals surface area contributed by atoms with E-state index in [0.29, 0.717) is 11.4 Å². The number of rotatable bonds is 5. The molecular weight excluding hydrogens is 242 g/mol. The molecule has 0 saturated carbocycles. The topological polar surface area (TPSA) is 72.3 Å². The minimum absolute atomic E-state index is 0.0431. The van der Waals surface area contributed by atoms with E-state index in [1.165, 1.54) is 0 Å². The van der Waals surface area contributed by atoms with E-state index in [1.54, 1.807) is 11.8 Å². The molecule has 1 rings (SSSR count). The second-order valence-corrected chi connectivity index (χ2v) is 5.75. The molecule has 0 aliphatic carbocycles. The summed E-state index contributed by atoms with van der Waals surface area (Å²) in [6, 6.07) is 0. The maximum absolute atomic E-state index is 10.7. The number of nitrogens with two attached hydrogens (primary N) is 2. The molecule has 0 atom stereocenters. The number of piperidine rings is 1. The van der Waals surface area contributed by atoms with Gasteiger partial charge in [0.05, 0.1) is 9.74 Å². The first-order chi connectivity index (χ1) is 7.50. The second-order valence-electron chi connectivity index (χ2n) is 4.12. The first-order valence-electron chi connectivity index (χ1n) is 5.36. The molecule has 0 spiro atoms. The zero-order chi connectivity index (χ0) is 12.2. The van der Waals surface area contributed by atoms with Gasteiger partial charge >= 0.3 is 0 Å². The van der Waals surface area contributed by atoms with Crippen molar-refractivity contribution < 1.29 is 4.79 Å². The number of hydrogen-bond acceptors (Lipinski definition) is 4. The second kappa shape index (κ2) is 5.84. The Morgan fingerprint density at radius 1 is 1.44 bits per heavy atom. The molecule has 0 aromatic heterocycles. The van der Waals surface area contributed by atoms with E-state index in [9.17, 15) is 4.79 Å². The van der Waals surface area contributed by atoms with Crippen molar-refractivity contribution in [1.82, 2.24) is 4.90 Å². The van der Waals surface area contributed by atoms with Gasteiger partial charge in [0.2, 0.25) is 5.91 Å². The molecule has 6 heteroatoms. The fraction of sp³-hybridized carbons (Fsp3) is 0.800. The molecule has 1 fully saturated rings. The summed E-state index contributed by atoms with van der Waals surface area (Å²) in [5.74, 6) is -0.240. The lowest BCUT2D eigenvalue weighted by molar-refractivity contribution is -0.118. The zero-order valence-corrected chi connectivity index (χ0v) is 11.2. The predicted molar refractivity (Wildman–Crippen MR) is 72.5 cm³/mol. The molecule has 1 aliphatic heterocycles. The Bertz CT molecular complexity index is 275. The smallest absolute Gasteiger partial charge is 0.218 e. The number of thiocarbonyl (C=S) groups is 1. The Kier molecular flexibility index (Phi) is 5.01. The highest BCUT2D eigenvalue weighted by atomic mass is 32.2. The van der Waals surface area contributed by atoms with Crippen LogP contribution in [0, 0.1) is 0 Å². The van der Waals surface area contributed by atoms with Crippen LogP contribution in [-0.4, -0.2) is 46.4 Å². The molecule has 0 aromatic rings. The van der Waals surface area contributed by atoms with Crippen LogP contribution in [0.5, 0.6) is 0 Å². The molecule has 0 radical (unpaired) electrons. The van der Waals surface area contributed by atoms with Gasteiger partial charge in [-0.05, 0) is 32.2 Å². The van der Waals surface area contributed by atoms with Gasteiger partial charge in [-0.1, -0.05) is 12.2 Å². The summed E-state index contributed by atoms with van der Waals surface area (Å²) in [5, 5.41) is 0. The van der Waals surface area contributed by atoms with Crippen molar-refractivity contribution in [2.45, 2.75) is 24.0 Å². The van der Waals surface area contributed by atoms with Gasteiger partial charge in [0, 0.05) is 13.0 Å². The Morgan fingerprint density at radius 2 is 2.00 bits per heavy atom. The number of hydrogen-bond donors (Lipinski definition) is 2. The standard InChI is InChI=1S/C10H19N3OS2/c1-16-10(9(12)15)3-6-13(7-4-10)5-2-8(11)14/h2-7H2,1H3,(H2,11,14)(H2,12,15). The number of carbonyl (C=O) groups excluding carboxylic acids is 1. The summed E-state index contributed by atoms with van der Waals surface area (Å²) in [6.45, 7) is 2.62. The largest absolute Gasteiger partial charge is 0.392 e. The average molecular weight is 261 g/mol. The lowest BCUT2D eigenvalue weighted by atomic mass is 9.95. The van der Waals surface area contributed by atoms with E-state index in [1.807, 2.05) is 0 Å². The van der Waals surface area contributed by atoms with Crippen LogP contribution in [0.3, 0.4) is 0 Å². The van der Waals surface area contributed by atoms with Crippen LogP contribution in [0.4, 0.5) is 0 Å². The first kappa shape index (κ1) is 13.7. The highest BCUT2D eigenvalue weighted by molar-refractivity contribution is 8.01. The highest BCUT2D eigenvalue weighted by Gasteiger charge is 2.36. The van der Waals surface area contributed by atoms with Crippen LogP contribution < -0.4 is 11.5 Å². The SMILES string of the molecule is CSC1(C(N)=S)CCN(CCC(N)=O)CC1. The van der Waals surface area contributed by atoms with E-state index >= 15 is 0 Å². The number of primary amides is 1. The Morgan fingerprint density at radius 3 is 2.38 bits per heavy atom. The molecule has 92 valence electrons. The number of carbonyl (C=O) groups is 1. The van der Waals surface area contributed by atoms with Gasteiger partial charge in [-0.3, -0.25) is 4.79 Å². The maximum Gasteiger partial charge on any atom is 0.218 e. The Labute approximate surface area is 106 Å². The molecule has 4 N–H and O–H groups in total. The van der Waals surface area contributed by atoms with E-state index < -0.39 is 0 Å². The minimum Gasteiger partial charge on any atom is -0.392 e. The van der Waals surface area contributed by atoms with Gasteiger partial charge in [-0.2, -0.15) is 11.8 Å². The van der Waals surface area contributed by atoms with Crippen LogP contribution in [0.25, 0.3) is 0 Å². The molecule has 4 nitrogen and oxygen atoms in total. The molecule has 0 bridgehead atoms. The van der Waals surface area contributed by atoms with Gasteiger partial charge in [0.25, 0.3) is 0 Å². The fourth-order valence-corrected chi connectivity index (χ4v) is 3.20.